The lowest BCUT2D eigenvalue weighted by molar-refractivity contribution is 0.397. The molecule has 0 aliphatic carbocycles. The zero-order valence-electron chi connectivity index (χ0n) is 5.57. The molecule has 1 aromatic rings. The summed E-state index contributed by atoms with van der Waals surface area (Å²) in [6.07, 6.45) is 1.67. The zero-order chi connectivity index (χ0) is 7.40. The second-order valence-electron chi connectivity index (χ2n) is 1.65. The summed E-state index contributed by atoms with van der Waals surface area (Å²) >= 11 is 1.17. The third-order valence-electron chi connectivity index (χ3n) is 1.05. The van der Waals surface area contributed by atoms with Crippen molar-refractivity contribution in [2.45, 2.75) is 4.90 Å². The van der Waals surface area contributed by atoms with Crippen molar-refractivity contribution in [2.24, 2.45) is 5.14 Å². The zero-order valence-corrected chi connectivity index (χ0v) is 6.39. The molecule has 0 aromatic carbocycles. The topological polar surface area (TPSA) is 48.1 Å². The van der Waals surface area contributed by atoms with E-state index < -0.39 is 0 Å². The van der Waals surface area contributed by atoms with Crippen molar-refractivity contribution >= 4 is 11.9 Å². The molecule has 0 amide bonds. The molecule has 1 heterocycles. The summed E-state index contributed by atoms with van der Waals surface area (Å²) < 4.78 is 4.85. The molecule has 1 rings (SSSR count). The van der Waals surface area contributed by atoms with Gasteiger partial charge in [-0.1, -0.05) is 0 Å². The van der Waals surface area contributed by atoms with Gasteiger partial charge in [0.25, 0.3) is 0 Å². The second-order valence-corrected chi connectivity index (χ2v) is 2.36. The maximum absolute atomic E-state index is 5.28. The summed E-state index contributed by atoms with van der Waals surface area (Å²) in [6.45, 7) is 0. The molecule has 3 nitrogen and oxygen atoms in total. The molecule has 0 bridgehead atoms. The van der Waals surface area contributed by atoms with E-state index in [1.54, 1.807) is 19.4 Å². The maximum atomic E-state index is 5.28. The van der Waals surface area contributed by atoms with Crippen molar-refractivity contribution in [1.82, 2.24) is 4.98 Å². The highest BCUT2D eigenvalue weighted by Gasteiger charge is 1.91. The van der Waals surface area contributed by atoms with E-state index in [1.165, 1.54) is 11.9 Å². The van der Waals surface area contributed by atoms with Crippen molar-refractivity contribution in [3.8, 4) is 5.88 Å². The third kappa shape index (κ3) is 1.62. The van der Waals surface area contributed by atoms with Crippen LogP contribution in [0.4, 0.5) is 0 Å². The van der Waals surface area contributed by atoms with E-state index in [2.05, 4.69) is 4.98 Å². The average molecular weight is 156 g/mol. The number of nitrogens with zero attached hydrogens (tertiary/aromatic N) is 1. The fraction of sp³-hybridized carbons (Fsp3) is 0.167. The first-order valence-corrected chi connectivity index (χ1v) is 3.61. The number of methoxy groups -OCH3 is 1. The van der Waals surface area contributed by atoms with Gasteiger partial charge in [0.05, 0.1) is 7.11 Å². The van der Waals surface area contributed by atoms with Gasteiger partial charge in [0.1, 0.15) is 0 Å². The number of pyridine rings is 1. The van der Waals surface area contributed by atoms with Crippen molar-refractivity contribution in [1.29, 1.82) is 0 Å². The van der Waals surface area contributed by atoms with Crippen molar-refractivity contribution in [3.63, 3.8) is 0 Å². The van der Waals surface area contributed by atoms with E-state index in [-0.39, 0.29) is 0 Å². The summed E-state index contributed by atoms with van der Waals surface area (Å²) in [5, 5.41) is 5.28. The van der Waals surface area contributed by atoms with Crippen molar-refractivity contribution < 1.29 is 4.74 Å². The minimum absolute atomic E-state index is 0.609. The number of rotatable bonds is 2. The van der Waals surface area contributed by atoms with Crippen LogP contribution in [0.15, 0.2) is 23.2 Å². The predicted molar refractivity (Wildman–Crippen MR) is 40.8 cm³/mol. The Morgan fingerprint density at radius 1 is 1.60 bits per heavy atom. The smallest absolute Gasteiger partial charge is 0.212 e. The normalized spacial score (nSPS) is 9.40. The molecule has 0 aliphatic rings. The fourth-order valence-electron chi connectivity index (χ4n) is 0.557. The molecule has 0 saturated heterocycles. The van der Waals surface area contributed by atoms with E-state index in [9.17, 15) is 0 Å². The van der Waals surface area contributed by atoms with Gasteiger partial charge in [0, 0.05) is 17.2 Å². The summed E-state index contributed by atoms with van der Waals surface area (Å²) in [5.74, 6) is 0.609. The molecule has 1 aromatic heterocycles. The monoisotopic (exact) mass is 156 g/mol. The highest BCUT2D eigenvalue weighted by atomic mass is 32.2. The van der Waals surface area contributed by atoms with Gasteiger partial charge < -0.3 is 4.74 Å². The van der Waals surface area contributed by atoms with Gasteiger partial charge in [-0.15, -0.1) is 0 Å². The van der Waals surface area contributed by atoms with Crippen molar-refractivity contribution in [2.75, 3.05) is 7.11 Å². The summed E-state index contributed by atoms with van der Waals surface area (Å²) in [7, 11) is 1.58. The highest BCUT2D eigenvalue weighted by Crippen LogP contribution is 2.12. The van der Waals surface area contributed by atoms with Crippen LogP contribution in [0.3, 0.4) is 0 Å². The lowest BCUT2D eigenvalue weighted by atomic mass is 10.5. The Morgan fingerprint density at radius 2 is 2.40 bits per heavy atom. The summed E-state index contributed by atoms with van der Waals surface area (Å²) in [5.41, 5.74) is 0. The average Bonchev–Trinajstić information content (AvgIpc) is 2.05. The van der Waals surface area contributed by atoms with Crippen LogP contribution < -0.4 is 9.88 Å². The van der Waals surface area contributed by atoms with E-state index in [0.717, 1.165) is 4.90 Å². The third-order valence-corrected chi connectivity index (χ3v) is 1.57. The van der Waals surface area contributed by atoms with E-state index in [4.69, 9.17) is 9.88 Å². The number of aromatic nitrogens is 1. The quantitative estimate of drug-likeness (QED) is 0.650. The van der Waals surface area contributed by atoms with Crippen molar-refractivity contribution in [3.05, 3.63) is 18.3 Å². The van der Waals surface area contributed by atoms with Gasteiger partial charge in [0.15, 0.2) is 0 Å². The van der Waals surface area contributed by atoms with Gasteiger partial charge in [0.2, 0.25) is 5.88 Å². The minimum Gasteiger partial charge on any atom is -0.481 e. The van der Waals surface area contributed by atoms with Gasteiger partial charge in [-0.2, -0.15) is 0 Å². The first-order chi connectivity index (χ1) is 4.86. The molecule has 2 N–H and O–H groups in total. The second kappa shape index (κ2) is 3.43. The Hall–Kier alpha value is -0.740. The maximum Gasteiger partial charge on any atom is 0.212 e. The number of hydrogen-bond acceptors (Lipinski definition) is 4. The molecule has 0 atom stereocenters. The summed E-state index contributed by atoms with van der Waals surface area (Å²) in [6, 6.07) is 3.63. The van der Waals surface area contributed by atoms with Crippen LogP contribution in [0.25, 0.3) is 0 Å². The van der Waals surface area contributed by atoms with Crippen LogP contribution in [0.1, 0.15) is 0 Å². The Morgan fingerprint density at radius 3 is 2.80 bits per heavy atom. The fourth-order valence-corrected chi connectivity index (χ4v) is 0.817. The molecule has 0 radical (unpaired) electrons. The van der Waals surface area contributed by atoms with E-state index in [1.807, 2.05) is 6.07 Å². The first-order valence-electron chi connectivity index (χ1n) is 2.73. The van der Waals surface area contributed by atoms with Gasteiger partial charge in [-0.05, 0) is 18.0 Å². The van der Waals surface area contributed by atoms with E-state index in [0.29, 0.717) is 5.88 Å². The van der Waals surface area contributed by atoms with Gasteiger partial charge in [-0.3, -0.25) is 5.14 Å². The van der Waals surface area contributed by atoms with Crippen LogP contribution in [0, 0.1) is 0 Å². The number of nitrogens with two attached hydrogens (primary N) is 1. The van der Waals surface area contributed by atoms with Crippen LogP contribution in [0.5, 0.6) is 5.88 Å². The highest BCUT2D eigenvalue weighted by molar-refractivity contribution is 7.97. The Labute approximate surface area is 63.7 Å². The SMILES string of the molecule is COc1ccc(SN)cn1. The summed E-state index contributed by atoms with van der Waals surface area (Å²) in [4.78, 5) is 4.88. The number of ether oxygens (including phenoxy) is 1. The van der Waals surface area contributed by atoms with Crippen LogP contribution in [0.2, 0.25) is 0 Å². The molecule has 0 unspecified atom stereocenters. The Bertz CT molecular complexity index is 176. The molecule has 54 valence electrons. The van der Waals surface area contributed by atoms with Crippen LogP contribution in [-0.4, -0.2) is 12.1 Å². The van der Waals surface area contributed by atoms with E-state index >= 15 is 0 Å². The molecule has 10 heavy (non-hydrogen) atoms. The molecule has 0 saturated carbocycles. The standard InChI is InChI=1S/C6H8N2OS/c1-9-6-3-2-5(10-7)4-8-6/h2-4H,7H2,1H3. The molecule has 0 spiro atoms. The molecular formula is C6H8N2OS. The van der Waals surface area contributed by atoms with Gasteiger partial charge in [-0.25, -0.2) is 4.98 Å². The van der Waals surface area contributed by atoms with Crippen LogP contribution >= 0.6 is 11.9 Å². The number of hydrogen-bond donors (Lipinski definition) is 1. The van der Waals surface area contributed by atoms with Gasteiger partial charge >= 0.3 is 0 Å². The Kier molecular flexibility index (Phi) is 2.53. The lowest BCUT2D eigenvalue weighted by Gasteiger charge is -1.97. The molecular weight excluding hydrogens is 148 g/mol. The predicted octanol–water partition coefficient (Wildman–Crippen LogP) is 1.06. The Balaban J connectivity index is 2.80. The molecule has 4 heteroatoms. The first kappa shape index (κ1) is 7.37. The molecule has 0 fully saturated rings. The minimum atomic E-state index is 0.609. The largest absolute Gasteiger partial charge is 0.481 e. The molecule has 0 aliphatic heterocycles. The van der Waals surface area contributed by atoms with Crippen LogP contribution in [-0.2, 0) is 0 Å². The lowest BCUT2D eigenvalue weighted by Crippen LogP contribution is -1.87.